The number of hydrogen-bond donors (Lipinski definition) is 2. The van der Waals surface area contributed by atoms with Gasteiger partial charge in [0.2, 0.25) is 0 Å². The number of carbonyl (C=O) groups is 1. The van der Waals surface area contributed by atoms with Crippen molar-refractivity contribution in [1.82, 2.24) is 9.99 Å². The van der Waals surface area contributed by atoms with Crippen molar-refractivity contribution >= 4 is 11.8 Å². The third-order valence-electron chi connectivity index (χ3n) is 4.71. The molecule has 5 heteroatoms. The van der Waals surface area contributed by atoms with Gasteiger partial charge >= 0.3 is 5.97 Å². The van der Waals surface area contributed by atoms with E-state index in [-0.39, 0.29) is 0 Å². The van der Waals surface area contributed by atoms with Crippen LogP contribution in [0, 0.1) is 0 Å². The summed E-state index contributed by atoms with van der Waals surface area (Å²) in [6.07, 6.45) is 6.45. The molecule has 1 saturated heterocycles. The molecule has 2 aliphatic rings. The Kier molecular flexibility index (Phi) is 3.85. The molecule has 2 N–H and O–H groups in total. The lowest BCUT2D eigenvalue weighted by atomic mass is 10.00. The van der Waals surface area contributed by atoms with Crippen molar-refractivity contribution in [2.24, 2.45) is 0 Å². The number of rotatable bonds is 3. The lowest BCUT2D eigenvalue weighted by Gasteiger charge is -2.39. The molecule has 0 spiro atoms. The van der Waals surface area contributed by atoms with E-state index in [4.69, 9.17) is 0 Å². The molecule has 1 fully saturated rings. The predicted molar refractivity (Wildman–Crippen MR) is 81.5 cm³/mol. The first-order chi connectivity index (χ1) is 10.1. The van der Waals surface area contributed by atoms with Gasteiger partial charge < -0.3 is 10.5 Å². The van der Waals surface area contributed by atoms with Gasteiger partial charge in [0.25, 0.3) is 0 Å². The van der Waals surface area contributed by atoms with Gasteiger partial charge in [0.1, 0.15) is 5.56 Å². The number of hydrogen-bond acceptors (Lipinski definition) is 4. The molecule has 21 heavy (non-hydrogen) atoms. The second kappa shape index (κ2) is 5.64. The van der Waals surface area contributed by atoms with Crippen LogP contribution in [0.1, 0.15) is 61.1 Å². The van der Waals surface area contributed by atoms with Gasteiger partial charge in [-0.15, -0.1) is 0 Å². The zero-order valence-electron chi connectivity index (χ0n) is 12.7. The SMILES string of the molecule is CC1CCCC(C)N1Nc1nc2c(cc1C(=O)O)CCC2. The van der Waals surface area contributed by atoms with E-state index in [0.29, 0.717) is 23.5 Å². The van der Waals surface area contributed by atoms with E-state index in [1.54, 1.807) is 6.07 Å². The number of piperidine rings is 1. The standard InChI is InChI=1S/C16H23N3O2/c1-10-5-3-6-11(2)19(10)18-15-13(16(20)21)9-12-7-4-8-14(12)17-15/h9-11H,3-8H2,1-2H3,(H,17,18)(H,20,21). The first-order valence-electron chi connectivity index (χ1n) is 7.87. The van der Waals surface area contributed by atoms with Crippen LogP contribution in [-0.4, -0.2) is 33.2 Å². The number of hydrazine groups is 1. The van der Waals surface area contributed by atoms with Crippen molar-refractivity contribution in [3.05, 3.63) is 22.9 Å². The number of nitrogens with zero attached hydrogens (tertiary/aromatic N) is 2. The maximum Gasteiger partial charge on any atom is 0.339 e. The number of nitrogens with one attached hydrogen (secondary N) is 1. The minimum Gasteiger partial charge on any atom is -0.478 e. The maximum absolute atomic E-state index is 11.5. The van der Waals surface area contributed by atoms with Crippen LogP contribution in [0.25, 0.3) is 0 Å². The Labute approximate surface area is 125 Å². The van der Waals surface area contributed by atoms with Gasteiger partial charge in [0, 0.05) is 17.8 Å². The fourth-order valence-corrected chi connectivity index (χ4v) is 3.48. The molecule has 114 valence electrons. The molecule has 1 aliphatic heterocycles. The van der Waals surface area contributed by atoms with Gasteiger partial charge in [-0.25, -0.2) is 14.8 Å². The Balaban J connectivity index is 1.92. The van der Waals surface area contributed by atoms with Crippen LogP contribution in [0.4, 0.5) is 5.82 Å². The highest BCUT2D eigenvalue weighted by atomic mass is 16.4. The molecule has 2 atom stereocenters. The average Bonchev–Trinajstić information content (AvgIpc) is 2.89. The Hall–Kier alpha value is -1.62. The van der Waals surface area contributed by atoms with Gasteiger partial charge in [-0.2, -0.15) is 0 Å². The Morgan fingerprint density at radius 1 is 1.29 bits per heavy atom. The van der Waals surface area contributed by atoms with E-state index < -0.39 is 5.97 Å². The highest BCUT2D eigenvalue weighted by molar-refractivity contribution is 5.93. The molecule has 0 aromatic carbocycles. The minimum absolute atomic E-state index is 0.292. The summed E-state index contributed by atoms with van der Waals surface area (Å²) in [6, 6.07) is 2.59. The number of aromatic nitrogens is 1. The summed E-state index contributed by atoms with van der Waals surface area (Å²) in [4.78, 5) is 16.1. The first kappa shape index (κ1) is 14.3. The maximum atomic E-state index is 11.5. The van der Waals surface area contributed by atoms with Crippen LogP contribution in [0.15, 0.2) is 6.07 Å². The molecule has 0 radical (unpaired) electrons. The van der Waals surface area contributed by atoms with Crippen molar-refractivity contribution in [1.29, 1.82) is 0 Å². The van der Waals surface area contributed by atoms with Gasteiger partial charge in [-0.1, -0.05) is 6.42 Å². The molecule has 2 unspecified atom stereocenters. The summed E-state index contributed by atoms with van der Waals surface area (Å²) in [7, 11) is 0. The van der Waals surface area contributed by atoms with Crippen LogP contribution >= 0.6 is 0 Å². The monoisotopic (exact) mass is 289 g/mol. The number of pyridine rings is 1. The van der Waals surface area contributed by atoms with Crippen molar-refractivity contribution in [3.63, 3.8) is 0 Å². The number of carboxylic acid groups (broad SMARTS) is 1. The van der Waals surface area contributed by atoms with Gasteiger partial charge in [0.15, 0.2) is 5.82 Å². The van der Waals surface area contributed by atoms with Crippen LogP contribution in [0.3, 0.4) is 0 Å². The second-order valence-electron chi connectivity index (χ2n) is 6.30. The predicted octanol–water partition coefficient (Wildman–Crippen LogP) is 2.86. The molecule has 5 nitrogen and oxygen atoms in total. The number of aromatic carboxylic acids is 1. The lowest BCUT2D eigenvalue weighted by Crippen LogP contribution is -2.47. The molecule has 2 heterocycles. The van der Waals surface area contributed by atoms with Crippen molar-refractivity contribution in [2.45, 2.75) is 64.5 Å². The Morgan fingerprint density at radius 2 is 2.00 bits per heavy atom. The average molecular weight is 289 g/mol. The highest BCUT2D eigenvalue weighted by Gasteiger charge is 2.27. The quantitative estimate of drug-likeness (QED) is 0.895. The smallest absolute Gasteiger partial charge is 0.339 e. The highest BCUT2D eigenvalue weighted by Crippen LogP contribution is 2.28. The van der Waals surface area contributed by atoms with E-state index in [0.717, 1.165) is 43.4 Å². The summed E-state index contributed by atoms with van der Waals surface area (Å²) >= 11 is 0. The molecule has 0 saturated carbocycles. The number of carboxylic acids is 1. The minimum atomic E-state index is -0.906. The third kappa shape index (κ3) is 2.75. The molecule has 1 aliphatic carbocycles. The number of fused-ring (bicyclic) bond motifs is 1. The van der Waals surface area contributed by atoms with E-state index in [1.165, 1.54) is 6.42 Å². The zero-order valence-corrected chi connectivity index (χ0v) is 12.7. The van der Waals surface area contributed by atoms with Gasteiger partial charge in [-0.3, -0.25) is 0 Å². The van der Waals surface area contributed by atoms with Crippen LogP contribution in [-0.2, 0) is 12.8 Å². The molecule has 1 aromatic rings. The van der Waals surface area contributed by atoms with E-state index >= 15 is 0 Å². The Morgan fingerprint density at radius 3 is 2.67 bits per heavy atom. The summed E-state index contributed by atoms with van der Waals surface area (Å²) in [5, 5.41) is 11.6. The second-order valence-corrected chi connectivity index (χ2v) is 6.30. The molecular weight excluding hydrogens is 266 g/mol. The number of anilines is 1. The van der Waals surface area contributed by atoms with Gasteiger partial charge in [-0.05, 0) is 57.6 Å². The van der Waals surface area contributed by atoms with Crippen LogP contribution in [0.5, 0.6) is 0 Å². The zero-order chi connectivity index (χ0) is 15.0. The molecule has 3 rings (SSSR count). The molecule has 1 aromatic heterocycles. The normalized spacial score (nSPS) is 25.6. The molecule has 0 amide bonds. The van der Waals surface area contributed by atoms with Crippen LogP contribution < -0.4 is 5.43 Å². The Bertz CT molecular complexity index is 549. The summed E-state index contributed by atoms with van der Waals surface area (Å²) in [6.45, 7) is 4.35. The first-order valence-corrected chi connectivity index (χ1v) is 7.87. The fourth-order valence-electron chi connectivity index (χ4n) is 3.48. The van der Waals surface area contributed by atoms with Crippen LogP contribution in [0.2, 0.25) is 0 Å². The number of aryl methyl sites for hydroxylation is 2. The van der Waals surface area contributed by atoms with Crippen molar-refractivity contribution < 1.29 is 9.90 Å². The summed E-state index contributed by atoms with van der Waals surface area (Å²) in [5.74, 6) is -0.402. The fraction of sp³-hybridized carbons (Fsp3) is 0.625. The topological polar surface area (TPSA) is 65.5 Å². The van der Waals surface area contributed by atoms with E-state index in [1.807, 2.05) is 0 Å². The summed E-state index contributed by atoms with van der Waals surface area (Å²) in [5.41, 5.74) is 5.74. The van der Waals surface area contributed by atoms with E-state index in [9.17, 15) is 9.90 Å². The molecular formula is C16H23N3O2. The van der Waals surface area contributed by atoms with Crippen molar-refractivity contribution in [3.8, 4) is 0 Å². The van der Waals surface area contributed by atoms with Gasteiger partial charge in [0.05, 0.1) is 0 Å². The molecule has 0 bridgehead atoms. The third-order valence-corrected chi connectivity index (χ3v) is 4.71. The largest absolute Gasteiger partial charge is 0.478 e. The van der Waals surface area contributed by atoms with Crippen molar-refractivity contribution in [2.75, 3.05) is 5.43 Å². The summed E-state index contributed by atoms with van der Waals surface area (Å²) < 4.78 is 0. The lowest BCUT2D eigenvalue weighted by molar-refractivity contribution is 0.0695. The van der Waals surface area contributed by atoms with E-state index in [2.05, 4.69) is 29.3 Å².